The molecule has 100 valence electrons. The summed E-state index contributed by atoms with van der Waals surface area (Å²) in [5.74, 6) is -0.165. The van der Waals surface area contributed by atoms with E-state index in [0.29, 0.717) is 5.56 Å². The molecule has 0 spiro atoms. The van der Waals surface area contributed by atoms with Crippen molar-refractivity contribution in [2.75, 3.05) is 6.54 Å². The average Bonchev–Trinajstić information content (AvgIpc) is 2.40. The molecule has 1 aromatic heterocycles. The largest absolute Gasteiger partial charge is 0.306 e. The standard InChI is InChI=1S/C16H19FN2/c1-4-19-16(14-10-18-8-7-11(14)2)13-6-5-12(3)15(17)9-13/h5-10,16,19H,4H2,1-3H3. The van der Waals surface area contributed by atoms with Gasteiger partial charge in [-0.05, 0) is 54.8 Å². The van der Waals surface area contributed by atoms with E-state index in [1.54, 1.807) is 19.2 Å². The van der Waals surface area contributed by atoms with Gasteiger partial charge in [0, 0.05) is 12.4 Å². The van der Waals surface area contributed by atoms with E-state index in [2.05, 4.69) is 10.3 Å². The van der Waals surface area contributed by atoms with Gasteiger partial charge in [0.25, 0.3) is 0 Å². The fourth-order valence-corrected chi connectivity index (χ4v) is 2.18. The van der Waals surface area contributed by atoms with E-state index < -0.39 is 0 Å². The maximum atomic E-state index is 13.8. The van der Waals surface area contributed by atoms with Gasteiger partial charge in [-0.2, -0.15) is 0 Å². The van der Waals surface area contributed by atoms with Crippen molar-refractivity contribution in [1.82, 2.24) is 10.3 Å². The van der Waals surface area contributed by atoms with Gasteiger partial charge in [0.1, 0.15) is 5.82 Å². The van der Waals surface area contributed by atoms with E-state index in [1.165, 1.54) is 0 Å². The van der Waals surface area contributed by atoms with Gasteiger partial charge in [-0.1, -0.05) is 19.1 Å². The lowest BCUT2D eigenvalue weighted by atomic mass is 9.96. The van der Waals surface area contributed by atoms with Crippen LogP contribution in [0.1, 0.15) is 35.2 Å². The van der Waals surface area contributed by atoms with Gasteiger partial charge in [-0.25, -0.2) is 4.39 Å². The van der Waals surface area contributed by atoms with E-state index in [4.69, 9.17) is 0 Å². The van der Waals surface area contributed by atoms with Gasteiger partial charge in [0.05, 0.1) is 6.04 Å². The zero-order chi connectivity index (χ0) is 13.8. The third-order valence-corrected chi connectivity index (χ3v) is 3.33. The average molecular weight is 258 g/mol. The number of aromatic nitrogens is 1. The Bertz CT molecular complexity index is 566. The fourth-order valence-electron chi connectivity index (χ4n) is 2.18. The summed E-state index contributed by atoms with van der Waals surface area (Å²) in [7, 11) is 0. The summed E-state index contributed by atoms with van der Waals surface area (Å²) in [5, 5.41) is 3.40. The summed E-state index contributed by atoms with van der Waals surface area (Å²) < 4.78 is 13.8. The highest BCUT2D eigenvalue weighted by molar-refractivity contribution is 5.36. The summed E-state index contributed by atoms with van der Waals surface area (Å²) in [6.07, 6.45) is 3.62. The molecule has 19 heavy (non-hydrogen) atoms. The second-order valence-electron chi connectivity index (χ2n) is 4.73. The number of benzene rings is 1. The van der Waals surface area contributed by atoms with Crippen LogP contribution < -0.4 is 5.32 Å². The molecule has 3 heteroatoms. The second-order valence-corrected chi connectivity index (χ2v) is 4.73. The van der Waals surface area contributed by atoms with Crippen LogP contribution in [0.25, 0.3) is 0 Å². The van der Waals surface area contributed by atoms with E-state index in [0.717, 1.165) is 23.2 Å². The summed E-state index contributed by atoms with van der Waals surface area (Å²) >= 11 is 0. The summed E-state index contributed by atoms with van der Waals surface area (Å²) in [5.41, 5.74) is 3.84. The van der Waals surface area contributed by atoms with Gasteiger partial charge in [0.15, 0.2) is 0 Å². The van der Waals surface area contributed by atoms with Crippen LogP contribution in [0.4, 0.5) is 4.39 Å². The Hall–Kier alpha value is -1.74. The van der Waals surface area contributed by atoms with Crippen molar-refractivity contribution in [2.24, 2.45) is 0 Å². The Morgan fingerprint density at radius 2 is 2.00 bits per heavy atom. The third kappa shape index (κ3) is 2.99. The van der Waals surface area contributed by atoms with Crippen LogP contribution in [0, 0.1) is 19.7 Å². The maximum absolute atomic E-state index is 13.8. The van der Waals surface area contributed by atoms with Crippen molar-refractivity contribution < 1.29 is 4.39 Å². The molecule has 2 nitrogen and oxygen atoms in total. The Labute approximate surface area is 113 Å². The van der Waals surface area contributed by atoms with E-state index in [1.807, 2.05) is 38.2 Å². The number of aryl methyl sites for hydroxylation is 2. The number of halogens is 1. The lowest BCUT2D eigenvalue weighted by Crippen LogP contribution is -2.23. The summed E-state index contributed by atoms with van der Waals surface area (Å²) in [6.45, 7) is 6.68. The molecule has 0 aliphatic carbocycles. The van der Waals surface area contributed by atoms with Crippen molar-refractivity contribution in [3.05, 3.63) is 64.7 Å². The predicted molar refractivity (Wildman–Crippen MR) is 75.6 cm³/mol. The third-order valence-electron chi connectivity index (χ3n) is 3.33. The van der Waals surface area contributed by atoms with Crippen LogP contribution in [0.5, 0.6) is 0 Å². The van der Waals surface area contributed by atoms with Crippen molar-refractivity contribution in [2.45, 2.75) is 26.8 Å². The van der Waals surface area contributed by atoms with Gasteiger partial charge < -0.3 is 5.32 Å². The normalized spacial score (nSPS) is 12.4. The van der Waals surface area contributed by atoms with Crippen molar-refractivity contribution >= 4 is 0 Å². The zero-order valence-electron chi connectivity index (χ0n) is 11.6. The van der Waals surface area contributed by atoms with E-state index in [9.17, 15) is 4.39 Å². The smallest absolute Gasteiger partial charge is 0.126 e. The van der Waals surface area contributed by atoms with Crippen LogP contribution in [-0.4, -0.2) is 11.5 Å². The molecule has 0 aliphatic rings. The van der Waals surface area contributed by atoms with Crippen LogP contribution in [0.3, 0.4) is 0 Å². The number of rotatable bonds is 4. The van der Waals surface area contributed by atoms with Crippen LogP contribution in [-0.2, 0) is 0 Å². The molecule has 1 unspecified atom stereocenters. The van der Waals surface area contributed by atoms with Gasteiger partial charge in [-0.3, -0.25) is 4.98 Å². The summed E-state index contributed by atoms with van der Waals surface area (Å²) in [6, 6.07) is 7.35. The Kier molecular flexibility index (Phi) is 4.27. The first kappa shape index (κ1) is 13.7. The van der Waals surface area contributed by atoms with Crippen LogP contribution >= 0.6 is 0 Å². The number of nitrogens with zero attached hydrogens (tertiary/aromatic N) is 1. The molecule has 1 atom stereocenters. The number of pyridine rings is 1. The van der Waals surface area contributed by atoms with E-state index >= 15 is 0 Å². The highest BCUT2D eigenvalue weighted by Crippen LogP contribution is 2.25. The van der Waals surface area contributed by atoms with E-state index in [-0.39, 0.29) is 11.9 Å². The maximum Gasteiger partial charge on any atom is 0.126 e. The fraction of sp³-hybridized carbons (Fsp3) is 0.312. The molecule has 0 saturated heterocycles. The number of hydrogen-bond acceptors (Lipinski definition) is 2. The molecule has 0 bridgehead atoms. The lowest BCUT2D eigenvalue weighted by molar-refractivity contribution is 0.595. The predicted octanol–water partition coefficient (Wildman–Crippen LogP) is 3.54. The first-order valence-electron chi connectivity index (χ1n) is 6.53. The van der Waals surface area contributed by atoms with Gasteiger partial charge in [0.2, 0.25) is 0 Å². The molecule has 0 aliphatic heterocycles. The van der Waals surface area contributed by atoms with Gasteiger partial charge >= 0.3 is 0 Å². The minimum absolute atomic E-state index is 0.0196. The molecule has 1 N–H and O–H groups in total. The molecule has 2 aromatic rings. The van der Waals surface area contributed by atoms with Crippen molar-refractivity contribution in [3.63, 3.8) is 0 Å². The van der Waals surface area contributed by atoms with Gasteiger partial charge in [-0.15, -0.1) is 0 Å². The molecule has 2 rings (SSSR count). The summed E-state index contributed by atoms with van der Waals surface area (Å²) in [4.78, 5) is 4.18. The highest BCUT2D eigenvalue weighted by Gasteiger charge is 2.16. The zero-order valence-corrected chi connectivity index (χ0v) is 11.6. The lowest BCUT2D eigenvalue weighted by Gasteiger charge is -2.20. The monoisotopic (exact) mass is 258 g/mol. The van der Waals surface area contributed by atoms with Crippen LogP contribution in [0.15, 0.2) is 36.7 Å². The van der Waals surface area contributed by atoms with Crippen molar-refractivity contribution in [1.29, 1.82) is 0 Å². The SMILES string of the molecule is CCNC(c1ccc(C)c(F)c1)c1cnccc1C. The Morgan fingerprint density at radius 3 is 2.63 bits per heavy atom. The topological polar surface area (TPSA) is 24.9 Å². The quantitative estimate of drug-likeness (QED) is 0.907. The molecular weight excluding hydrogens is 239 g/mol. The molecule has 1 heterocycles. The second kappa shape index (κ2) is 5.93. The molecule has 0 radical (unpaired) electrons. The molecule has 0 amide bonds. The number of hydrogen-bond donors (Lipinski definition) is 1. The van der Waals surface area contributed by atoms with Crippen LogP contribution in [0.2, 0.25) is 0 Å². The first-order valence-corrected chi connectivity index (χ1v) is 6.53. The molecule has 1 aromatic carbocycles. The highest BCUT2D eigenvalue weighted by atomic mass is 19.1. The molecule has 0 fully saturated rings. The minimum Gasteiger partial charge on any atom is -0.306 e. The Morgan fingerprint density at radius 1 is 1.21 bits per heavy atom. The first-order chi connectivity index (χ1) is 9.13. The minimum atomic E-state index is -0.165. The number of nitrogens with one attached hydrogen (secondary N) is 1. The molecule has 0 saturated carbocycles. The Balaban J connectivity index is 2.45. The molecular formula is C16H19FN2. The van der Waals surface area contributed by atoms with Crippen molar-refractivity contribution in [3.8, 4) is 0 Å².